The lowest BCUT2D eigenvalue weighted by Crippen LogP contribution is -2.53. The highest BCUT2D eigenvalue weighted by Crippen LogP contribution is 2.44. The van der Waals surface area contributed by atoms with Crippen molar-refractivity contribution in [1.82, 2.24) is 14.7 Å². The molecule has 0 unspecified atom stereocenters. The van der Waals surface area contributed by atoms with E-state index in [9.17, 15) is 39.6 Å². The summed E-state index contributed by atoms with van der Waals surface area (Å²) in [5, 5.41) is 2.68. The molecule has 0 bridgehead atoms. The van der Waals surface area contributed by atoms with Gasteiger partial charge in [-0.2, -0.15) is 26.3 Å². The molecule has 1 fully saturated rings. The van der Waals surface area contributed by atoms with Crippen LogP contribution in [0.1, 0.15) is 48.3 Å². The van der Waals surface area contributed by atoms with Crippen LogP contribution < -0.4 is 5.32 Å². The summed E-state index contributed by atoms with van der Waals surface area (Å²) in [4.78, 5) is 16.2. The average molecular weight is 533 g/mol. The second-order valence-corrected chi connectivity index (χ2v) is 11.8. The van der Waals surface area contributed by atoms with E-state index in [2.05, 4.69) is 10.3 Å². The van der Waals surface area contributed by atoms with Gasteiger partial charge in [-0.25, -0.2) is 13.4 Å². The maximum Gasteiger partial charge on any atom is 0.417 e. The van der Waals surface area contributed by atoms with Gasteiger partial charge in [0, 0.05) is 18.4 Å². The van der Waals surface area contributed by atoms with Crippen molar-refractivity contribution in [2.75, 3.05) is 0 Å². The molecule has 0 atom stereocenters. The number of nitrogens with zero attached hydrogens (tertiary/aromatic N) is 2. The lowest BCUT2D eigenvalue weighted by atomic mass is 9.73. The number of carbonyl (C=O) groups is 1. The van der Waals surface area contributed by atoms with E-state index in [1.165, 1.54) is 13.8 Å². The van der Waals surface area contributed by atoms with Crippen LogP contribution in [0.3, 0.4) is 0 Å². The Kier molecular flexibility index (Phi) is 6.13. The topological polar surface area (TPSA) is 80.5 Å². The fourth-order valence-electron chi connectivity index (χ4n) is 4.19. The number of hydrogen-bond donors (Lipinski definition) is 1. The molecule has 194 valence electrons. The molecular formula is C23H21F6N3O3S. The first-order valence-corrected chi connectivity index (χ1v) is 12.3. The van der Waals surface area contributed by atoms with E-state index in [4.69, 9.17) is 0 Å². The molecule has 36 heavy (non-hydrogen) atoms. The van der Waals surface area contributed by atoms with Crippen LogP contribution in [0.2, 0.25) is 0 Å². The minimum Gasteiger partial charge on any atom is -0.348 e. The molecule has 4 rings (SSSR count). The van der Waals surface area contributed by atoms with Gasteiger partial charge in [-0.05, 0) is 62.9 Å². The molecule has 6 nitrogen and oxygen atoms in total. The maximum atomic E-state index is 13.2. The van der Waals surface area contributed by atoms with Gasteiger partial charge in [0.1, 0.15) is 11.3 Å². The zero-order chi connectivity index (χ0) is 26.7. The predicted molar refractivity (Wildman–Crippen MR) is 117 cm³/mol. The number of carbonyl (C=O) groups excluding carboxylic acids is 1. The molecule has 0 saturated heterocycles. The lowest BCUT2D eigenvalue weighted by Gasteiger charge is -2.44. The molecular weight excluding hydrogens is 512 g/mol. The van der Waals surface area contributed by atoms with Crippen LogP contribution in [0.4, 0.5) is 26.3 Å². The summed E-state index contributed by atoms with van der Waals surface area (Å²) in [6.07, 6.45) is -6.75. The van der Waals surface area contributed by atoms with Gasteiger partial charge in [0.25, 0.3) is 5.91 Å². The van der Waals surface area contributed by atoms with Crippen LogP contribution in [-0.4, -0.2) is 34.5 Å². The van der Waals surface area contributed by atoms with E-state index in [1.54, 1.807) is 0 Å². The highest BCUT2D eigenvalue weighted by Gasteiger charge is 2.49. The van der Waals surface area contributed by atoms with Gasteiger partial charge in [0.05, 0.1) is 20.8 Å². The Morgan fingerprint density at radius 3 is 2.22 bits per heavy atom. The maximum absolute atomic E-state index is 13.2. The molecule has 3 aromatic rings. The van der Waals surface area contributed by atoms with E-state index < -0.39 is 60.8 Å². The summed E-state index contributed by atoms with van der Waals surface area (Å²) in [6.45, 7) is 2.87. The standard InChI is InChI=1S/C23H21F6N3O3S/c1-21(2,36(34,35)17-5-3-4-13(10-17)22(24,25)26)15-8-16(9-15)30-20(33)18-12-32-11-14(23(27,28)29)6-7-19(32)31-18/h3-7,10-12,15-16H,8-9H2,1-2H3,(H,30,33)/t15-,16-. The van der Waals surface area contributed by atoms with Gasteiger partial charge in [-0.1, -0.05) is 6.07 Å². The average Bonchev–Trinajstić information content (AvgIpc) is 3.18. The summed E-state index contributed by atoms with van der Waals surface area (Å²) in [7, 11) is -4.14. The number of pyridine rings is 1. The van der Waals surface area contributed by atoms with Crippen LogP contribution in [-0.2, 0) is 22.2 Å². The van der Waals surface area contributed by atoms with Crippen LogP contribution in [0.25, 0.3) is 5.65 Å². The van der Waals surface area contributed by atoms with Crippen LogP contribution in [0, 0.1) is 5.92 Å². The molecule has 0 spiro atoms. The molecule has 13 heteroatoms. The van der Waals surface area contributed by atoms with Gasteiger partial charge < -0.3 is 9.72 Å². The summed E-state index contributed by atoms with van der Waals surface area (Å²) in [5.41, 5.74) is -1.92. The molecule has 1 aliphatic rings. The van der Waals surface area contributed by atoms with Crippen molar-refractivity contribution in [1.29, 1.82) is 0 Å². The largest absolute Gasteiger partial charge is 0.417 e. The second-order valence-electron chi connectivity index (χ2n) is 9.28. The van der Waals surface area contributed by atoms with Gasteiger partial charge in [-0.3, -0.25) is 4.79 Å². The summed E-state index contributed by atoms with van der Waals surface area (Å²) in [6, 6.07) is 5.15. The van der Waals surface area contributed by atoms with Crippen molar-refractivity contribution in [2.24, 2.45) is 5.92 Å². The normalized spacial score (nSPS) is 19.2. The van der Waals surface area contributed by atoms with E-state index in [1.807, 2.05) is 0 Å². The fraction of sp³-hybridized carbons (Fsp3) is 0.391. The Labute approximate surface area is 202 Å². The smallest absolute Gasteiger partial charge is 0.348 e. The van der Waals surface area contributed by atoms with Gasteiger partial charge in [0.15, 0.2) is 9.84 Å². The van der Waals surface area contributed by atoms with Crippen molar-refractivity contribution in [3.63, 3.8) is 0 Å². The number of amides is 1. The SMILES string of the molecule is CC(C)([C@H]1C[C@H](NC(=O)c2cn3cc(C(F)(F)F)ccc3n2)C1)S(=O)(=O)c1cccc(C(F)(F)F)c1. The van der Waals surface area contributed by atoms with E-state index in [0.717, 1.165) is 47.1 Å². The second kappa shape index (κ2) is 8.49. The monoisotopic (exact) mass is 533 g/mol. The first-order valence-electron chi connectivity index (χ1n) is 10.8. The lowest BCUT2D eigenvalue weighted by molar-refractivity contribution is -0.138. The number of alkyl halides is 6. The van der Waals surface area contributed by atoms with Gasteiger partial charge >= 0.3 is 12.4 Å². The number of halogens is 6. The first kappa shape index (κ1) is 26.0. The Bertz CT molecular complexity index is 1420. The van der Waals surface area contributed by atoms with E-state index in [-0.39, 0.29) is 24.2 Å². The van der Waals surface area contributed by atoms with Crippen LogP contribution in [0.15, 0.2) is 53.7 Å². The Balaban J connectivity index is 1.44. The minimum atomic E-state index is -4.69. The Morgan fingerprint density at radius 2 is 1.61 bits per heavy atom. The number of benzene rings is 1. The number of fused-ring (bicyclic) bond motifs is 1. The summed E-state index contributed by atoms with van der Waals surface area (Å²) < 4.78 is 104. The highest BCUT2D eigenvalue weighted by atomic mass is 32.2. The summed E-state index contributed by atoms with van der Waals surface area (Å²) >= 11 is 0. The van der Waals surface area contributed by atoms with Gasteiger partial charge in [0.2, 0.25) is 0 Å². The number of rotatable bonds is 5. The molecule has 1 aromatic carbocycles. The number of sulfone groups is 1. The fourth-order valence-corrected chi connectivity index (χ4v) is 5.97. The Hall–Kier alpha value is -3.09. The molecule has 2 heterocycles. The molecule has 1 amide bonds. The van der Waals surface area contributed by atoms with Crippen LogP contribution in [0.5, 0.6) is 0 Å². The third-order valence-electron chi connectivity index (χ3n) is 6.63. The molecule has 2 aromatic heterocycles. The third-order valence-corrected chi connectivity index (χ3v) is 9.22. The van der Waals surface area contributed by atoms with Gasteiger partial charge in [-0.15, -0.1) is 0 Å². The minimum absolute atomic E-state index is 0.103. The number of hydrogen-bond acceptors (Lipinski definition) is 4. The third kappa shape index (κ3) is 4.67. The molecule has 1 N–H and O–H groups in total. The van der Waals surface area contributed by atoms with Crippen molar-refractivity contribution >= 4 is 21.4 Å². The molecule has 1 saturated carbocycles. The number of nitrogens with one attached hydrogen (secondary N) is 1. The first-order chi connectivity index (χ1) is 16.5. The zero-order valence-corrected chi connectivity index (χ0v) is 19.8. The molecule has 1 aliphatic carbocycles. The zero-order valence-electron chi connectivity index (χ0n) is 19.0. The molecule has 0 radical (unpaired) electrons. The van der Waals surface area contributed by atoms with Crippen LogP contribution >= 0.6 is 0 Å². The summed E-state index contributed by atoms with van der Waals surface area (Å²) in [5.74, 6) is -1.08. The quantitative estimate of drug-likeness (QED) is 0.461. The Morgan fingerprint density at radius 1 is 0.972 bits per heavy atom. The number of aromatic nitrogens is 2. The van der Waals surface area contributed by atoms with Crippen molar-refractivity contribution in [3.05, 3.63) is 65.6 Å². The highest BCUT2D eigenvalue weighted by molar-refractivity contribution is 7.92. The van der Waals surface area contributed by atoms with Crippen molar-refractivity contribution < 1.29 is 39.6 Å². The van der Waals surface area contributed by atoms with E-state index >= 15 is 0 Å². The van der Waals surface area contributed by atoms with Crippen molar-refractivity contribution in [2.45, 2.75) is 54.7 Å². The predicted octanol–water partition coefficient (Wildman–Crippen LogP) is 5.13. The number of imidazole rings is 1. The molecule has 0 aliphatic heterocycles. The van der Waals surface area contributed by atoms with Crippen molar-refractivity contribution in [3.8, 4) is 0 Å². The van der Waals surface area contributed by atoms with E-state index in [0.29, 0.717) is 6.07 Å².